The first-order valence-corrected chi connectivity index (χ1v) is 11.9. The van der Waals surface area contributed by atoms with Crippen molar-refractivity contribution in [1.82, 2.24) is 9.88 Å². The summed E-state index contributed by atoms with van der Waals surface area (Å²) in [5.74, 6) is -0.851. The largest absolute Gasteiger partial charge is 0.454 e. The molecule has 0 aliphatic carbocycles. The van der Waals surface area contributed by atoms with Crippen LogP contribution in [0.25, 0.3) is 10.9 Å². The van der Waals surface area contributed by atoms with Crippen LogP contribution in [0.3, 0.4) is 0 Å². The lowest BCUT2D eigenvalue weighted by molar-refractivity contribution is -0.183. The average Bonchev–Trinajstić information content (AvgIpc) is 3.27. The van der Waals surface area contributed by atoms with Crippen LogP contribution in [-0.4, -0.2) is 52.6 Å². The van der Waals surface area contributed by atoms with Crippen LogP contribution in [-0.2, 0) is 41.7 Å². The summed E-state index contributed by atoms with van der Waals surface area (Å²) >= 11 is 0. The standard InChI is InChI=1S/C25H32N2O9/c1-13(29)34-19-10-15(23-32-7-6-8-33-23)9-18-20(19)16(12-28)21-22(35-14(2)30)17(11-27(18)21)26-24(31)36-25(3,4)5/h9-10,17,22-23,28H,6-8,11-12H2,1-5H3,(H,26,31)/t17-,22-/m0/s1. The van der Waals surface area contributed by atoms with Crippen molar-refractivity contribution in [2.75, 3.05) is 13.2 Å². The molecule has 0 unspecified atom stereocenters. The van der Waals surface area contributed by atoms with Crippen LogP contribution >= 0.6 is 0 Å². The normalized spacial score (nSPS) is 20.2. The molecule has 11 heteroatoms. The van der Waals surface area contributed by atoms with E-state index in [0.717, 1.165) is 6.42 Å². The first-order valence-electron chi connectivity index (χ1n) is 11.9. The first-order chi connectivity index (χ1) is 17.0. The van der Waals surface area contributed by atoms with Crippen LogP contribution in [0.15, 0.2) is 12.1 Å². The Bertz CT molecular complexity index is 1170. The van der Waals surface area contributed by atoms with E-state index in [1.165, 1.54) is 13.8 Å². The summed E-state index contributed by atoms with van der Waals surface area (Å²) in [6.07, 6.45) is -1.44. The summed E-state index contributed by atoms with van der Waals surface area (Å²) in [5, 5.41) is 13.7. The van der Waals surface area contributed by atoms with Crippen LogP contribution < -0.4 is 10.1 Å². The molecule has 0 bridgehead atoms. The minimum Gasteiger partial charge on any atom is -0.454 e. The summed E-state index contributed by atoms with van der Waals surface area (Å²) in [4.78, 5) is 36.5. The Hall–Kier alpha value is -3.15. The van der Waals surface area contributed by atoms with Gasteiger partial charge in [-0.25, -0.2) is 4.79 Å². The second-order valence-corrected chi connectivity index (χ2v) is 9.85. The lowest BCUT2D eigenvalue weighted by atomic mass is 10.0. The van der Waals surface area contributed by atoms with Gasteiger partial charge in [0.2, 0.25) is 0 Å². The monoisotopic (exact) mass is 504 g/mol. The van der Waals surface area contributed by atoms with E-state index in [0.29, 0.717) is 40.9 Å². The molecule has 196 valence electrons. The number of alkyl carbamates (subject to hydrolysis) is 1. The molecule has 1 aromatic heterocycles. The fourth-order valence-electron chi connectivity index (χ4n) is 4.67. The van der Waals surface area contributed by atoms with Gasteiger partial charge in [0, 0.05) is 36.9 Å². The van der Waals surface area contributed by atoms with E-state index in [2.05, 4.69) is 5.32 Å². The van der Waals surface area contributed by atoms with E-state index in [4.69, 9.17) is 23.7 Å². The minimum absolute atomic E-state index is 0.221. The number of hydrogen-bond donors (Lipinski definition) is 2. The van der Waals surface area contributed by atoms with Gasteiger partial charge in [0.05, 0.1) is 37.1 Å². The molecule has 4 rings (SSSR count). The summed E-state index contributed by atoms with van der Waals surface area (Å²) in [5.41, 5.74) is 1.46. The third-order valence-electron chi connectivity index (χ3n) is 5.82. The lowest BCUT2D eigenvalue weighted by Gasteiger charge is -2.25. The van der Waals surface area contributed by atoms with Crippen LogP contribution in [0, 0.1) is 0 Å². The molecule has 0 saturated carbocycles. The van der Waals surface area contributed by atoms with Crippen molar-refractivity contribution in [3.05, 3.63) is 29.0 Å². The van der Waals surface area contributed by atoms with Crippen molar-refractivity contribution in [1.29, 1.82) is 0 Å². The number of nitrogens with one attached hydrogen (secondary N) is 1. The predicted octanol–water partition coefficient (Wildman–Crippen LogP) is 3.01. The van der Waals surface area contributed by atoms with Gasteiger partial charge in [-0.3, -0.25) is 9.59 Å². The number of carbonyl (C=O) groups excluding carboxylic acids is 3. The van der Waals surface area contributed by atoms with Gasteiger partial charge < -0.3 is 38.7 Å². The van der Waals surface area contributed by atoms with E-state index in [1.54, 1.807) is 26.8 Å². The molecule has 2 aliphatic heterocycles. The highest BCUT2D eigenvalue weighted by molar-refractivity contribution is 5.94. The topological polar surface area (TPSA) is 135 Å². The highest BCUT2D eigenvalue weighted by atomic mass is 16.7. The minimum atomic E-state index is -0.902. The molecule has 1 amide bonds. The smallest absolute Gasteiger partial charge is 0.408 e. The van der Waals surface area contributed by atoms with E-state index >= 15 is 0 Å². The molecule has 0 spiro atoms. The zero-order valence-corrected chi connectivity index (χ0v) is 21.1. The number of hydrogen-bond acceptors (Lipinski definition) is 9. The third kappa shape index (κ3) is 5.32. The van der Waals surface area contributed by atoms with Crippen molar-refractivity contribution in [2.45, 2.75) is 78.2 Å². The van der Waals surface area contributed by atoms with Crippen molar-refractivity contribution >= 4 is 28.9 Å². The third-order valence-corrected chi connectivity index (χ3v) is 5.82. The second kappa shape index (κ2) is 10.1. The zero-order chi connectivity index (χ0) is 26.2. The van der Waals surface area contributed by atoms with Crippen LogP contribution in [0.5, 0.6) is 5.75 Å². The predicted molar refractivity (Wildman–Crippen MR) is 126 cm³/mol. The number of aliphatic hydroxyl groups is 1. The molecule has 2 aromatic rings. The van der Waals surface area contributed by atoms with Gasteiger partial charge >= 0.3 is 18.0 Å². The molecule has 1 saturated heterocycles. The van der Waals surface area contributed by atoms with Gasteiger partial charge in [-0.15, -0.1) is 0 Å². The van der Waals surface area contributed by atoms with Gasteiger partial charge in [-0.05, 0) is 39.3 Å². The van der Waals surface area contributed by atoms with E-state index in [1.807, 2.05) is 10.6 Å². The maximum absolute atomic E-state index is 12.6. The highest BCUT2D eigenvalue weighted by Crippen LogP contribution is 2.44. The Morgan fingerprint density at radius 3 is 2.42 bits per heavy atom. The van der Waals surface area contributed by atoms with Crippen molar-refractivity contribution < 1.29 is 43.2 Å². The molecular weight excluding hydrogens is 472 g/mol. The quantitative estimate of drug-likeness (QED) is 0.465. The molecule has 0 radical (unpaired) electrons. The van der Waals surface area contributed by atoms with Gasteiger partial charge in [0.1, 0.15) is 11.4 Å². The van der Waals surface area contributed by atoms with Gasteiger partial charge in [0.25, 0.3) is 0 Å². The SMILES string of the molecule is CC(=O)Oc1cc(C2OCCCO2)cc2c1c(CO)c1n2C[C@H](NC(=O)OC(C)(C)C)[C@@H]1OC(C)=O. The summed E-state index contributed by atoms with van der Waals surface area (Å²) < 4.78 is 29.9. The number of nitrogens with zero attached hydrogens (tertiary/aromatic N) is 1. The number of aromatic nitrogens is 1. The summed E-state index contributed by atoms with van der Waals surface area (Å²) in [6, 6.07) is 2.84. The second-order valence-electron chi connectivity index (χ2n) is 9.85. The Labute approximate surface area is 208 Å². The van der Waals surface area contributed by atoms with Gasteiger partial charge in [-0.2, -0.15) is 0 Å². The van der Waals surface area contributed by atoms with Crippen LogP contribution in [0.4, 0.5) is 4.79 Å². The highest BCUT2D eigenvalue weighted by Gasteiger charge is 2.42. The maximum Gasteiger partial charge on any atom is 0.408 e. The molecular formula is C25H32N2O9. The number of ether oxygens (including phenoxy) is 5. The molecule has 1 fully saturated rings. The van der Waals surface area contributed by atoms with Crippen molar-refractivity contribution in [3.8, 4) is 5.75 Å². The maximum atomic E-state index is 12.6. The lowest BCUT2D eigenvalue weighted by Crippen LogP contribution is -2.42. The molecule has 1 aromatic carbocycles. The molecule has 2 aliphatic rings. The van der Waals surface area contributed by atoms with Gasteiger partial charge in [-0.1, -0.05) is 0 Å². The number of rotatable bonds is 5. The molecule has 2 N–H and O–H groups in total. The Balaban J connectivity index is 1.84. The Morgan fingerprint density at radius 1 is 1.14 bits per heavy atom. The number of fused-ring (bicyclic) bond motifs is 3. The molecule has 11 nitrogen and oxygen atoms in total. The average molecular weight is 505 g/mol. The fraction of sp³-hybridized carbons (Fsp3) is 0.560. The number of amides is 1. The van der Waals surface area contributed by atoms with Crippen LogP contribution in [0.2, 0.25) is 0 Å². The number of esters is 2. The fourth-order valence-corrected chi connectivity index (χ4v) is 4.67. The zero-order valence-electron chi connectivity index (χ0n) is 21.1. The first kappa shape index (κ1) is 25.9. The van der Waals surface area contributed by atoms with E-state index < -0.39 is 48.7 Å². The van der Waals surface area contributed by atoms with E-state index in [-0.39, 0.29) is 12.3 Å². The molecule has 36 heavy (non-hydrogen) atoms. The Kier molecular flexibility index (Phi) is 7.26. The van der Waals surface area contributed by atoms with Crippen LogP contribution in [0.1, 0.15) is 70.3 Å². The van der Waals surface area contributed by atoms with Crippen molar-refractivity contribution in [2.24, 2.45) is 0 Å². The molecule has 2 atom stereocenters. The number of benzene rings is 1. The molecule has 3 heterocycles. The summed E-state index contributed by atoms with van der Waals surface area (Å²) in [7, 11) is 0. The van der Waals surface area contributed by atoms with Gasteiger partial charge in [0.15, 0.2) is 12.4 Å². The van der Waals surface area contributed by atoms with E-state index in [9.17, 15) is 19.5 Å². The Morgan fingerprint density at radius 2 is 1.83 bits per heavy atom. The van der Waals surface area contributed by atoms with Crippen molar-refractivity contribution in [3.63, 3.8) is 0 Å². The number of aliphatic hydroxyl groups excluding tert-OH is 1. The summed E-state index contributed by atoms with van der Waals surface area (Å²) in [6.45, 7) is 8.66. The number of carbonyl (C=O) groups is 3.